The van der Waals surface area contributed by atoms with Crippen molar-refractivity contribution in [3.05, 3.63) is 71.4 Å². The normalized spacial score (nSPS) is 25.6. The molecule has 0 bridgehead atoms. The van der Waals surface area contributed by atoms with Gasteiger partial charge in [0, 0.05) is 49.6 Å². The Balaban J connectivity index is 1.21. The number of piperidine rings is 1. The molecule has 216 valence electrons. The lowest BCUT2D eigenvalue weighted by atomic mass is 9.88. The summed E-state index contributed by atoms with van der Waals surface area (Å²) in [7, 11) is 0. The van der Waals surface area contributed by atoms with Crippen molar-refractivity contribution in [2.75, 3.05) is 13.1 Å². The topological polar surface area (TPSA) is 100 Å². The van der Waals surface area contributed by atoms with Gasteiger partial charge in [-0.25, -0.2) is 13.2 Å². The Bertz CT molecular complexity index is 1420. The lowest BCUT2D eigenvalue weighted by Gasteiger charge is -2.42. The first kappa shape index (κ1) is 27.4. The molecule has 8 nitrogen and oxygen atoms in total. The number of pyridine rings is 1. The zero-order chi connectivity index (χ0) is 28.7. The lowest BCUT2D eigenvalue weighted by Crippen LogP contribution is -2.58. The number of carbonyl (C=O) groups is 2. The quantitative estimate of drug-likeness (QED) is 0.434. The molecule has 11 heteroatoms. The number of hydrogen-bond acceptors (Lipinski definition) is 6. The number of amides is 2. The predicted molar refractivity (Wildman–Crippen MR) is 143 cm³/mol. The van der Waals surface area contributed by atoms with Crippen LogP contribution in [-0.4, -0.2) is 52.0 Å². The van der Waals surface area contributed by atoms with Crippen molar-refractivity contribution in [1.29, 1.82) is 0 Å². The van der Waals surface area contributed by atoms with Gasteiger partial charge >= 0.3 is 0 Å². The van der Waals surface area contributed by atoms with E-state index in [1.165, 1.54) is 0 Å². The van der Waals surface area contributed by atoms with Gasteiger partial charge in [0.2, 0.25) is 5.91 Å². The Kier molecular flexibility index (Phi) is 7.31. The van der Waals surface area contributed by atoms with Gasteiger partial charge in [-0.05, 0) is 50.2 Å². The molecule has 0 spiro atoms. The van der Waals surface area contributed by atoms with Crippen LogP contribution in [0.5, 0.6) is 0 Å². The molecular weight excluding hydrogens is 535 g/mol. The second kappa shape index (κ2) is 10.9. The third kappa shape index (κ3) is 5.47. The SMILES string of the molecule is CC1CCCC1N1CC[C@@H](NC(=O)c2cc(-c3c(F)cc(F)cc3F)on2)[C@H](C(=O)NC2(c3ccccn3)CC2)C1. The smallest absolute Gasteiger partial charge is 0.273 e. The van der Waals surface area contributed by atoms with Crippen LogP contribution in [0.3, 0.4) is 0 Å². The fourth-order valence-electron chi connectivity index (χ4n) is 6.45. The van der Waals surface area contributed by atoms with Gasteiger partial charge in [0.15, 0.2) is 11.5 Å². The van der Waals surface area contributed by atoms with E-state index in [4.69, 9.17) is 4.52 Å². The van der Waals surface area contributed by atoms with Crippen LogP contribution in [0.1, 0.15) is 61.6 Å². The highest BCUT2D eigenvalue weighted by atomic mass is 19.1. The molecule has 3 heterocycles. The first-order valence-corrected chi connectivity index (χ1v) is 14.1. The number of aromatic nitrogens is 2. The summed E-state index contributed by atoms with van der Waals surface area (Å²) in [6, 6.07) is 7.72. The van der Waals surface area contributed by atoms with Crippen molar-refractivity contribution in [2.45, 2.75) is 63.1 Å². The first-order chi connectivity index (χ1) is 19.7. The second-order valence-corrected chi connectivity index (χ2v) is 11.6. The van der Waals surface area contributed by atoms with E-state index in [0.717, 1.165) is 50.4 Å². The van der Waals surface area contributed by atoms with E-state index in [2.05, 4.69) is 32.6 Å². The van der Waals surface area contributed by atoms with E-state index in [1.807, 2.05) is 18.2 Å². The highest BCUT2D eigenvalue weighted by molar-refractivity contribution is 5.94. The number of hydrogen-bond donors (Lipinski definition) is 2. The Morgan fingerprint density at radius 1 is 1.07 bits per heavy atom. The summed E-state index contributed by atoms with van der Waals surface area (Å²) >= 11 is 0. The van der Waals surface area contributed by atoms with Gasteiger partial charge in [0.1, 0.15) is 17.5 Å². The Labute approximate surface area is 235 Å². The maximum Gasteiger partial charge on any atom is 0.273 e. The average Bonchev–Trinajstić information content (AvgIpc) is 3.33. The van der Waals surface area contributed by atoms with E-state index >= 15 is 0 Å². The summed E-state index contributed by atoms with van der Waals surface area (Å²) in [4.78, 5) is 33.9. The van der Waals surface area contributed by atoms with E-state index in [-0.39, 0.29) is 17.4 Å². The summed E-state index contributed by atoms with van der Waals surface area (Å²) in [6.45, 7) is 3.47. The van der Waals surface area contributed by atoms with Crippen LogP contribution in [0.4, 0.5) is 13.2 Å². The van der Waals surface area contributed by atoms with E-state index in [1.54, 1.807) is 6.20 Å². The monoisotopic (exact) mass is 567 g/mol. The van der Waals surface area contributed by atoms with Crippen LogP contribution in [0, 0.1) is 29.3 Å². The van der Waals surface area contributed by atoms with Crippen LogP contribution >= 0.6 is 0 Å². The molecule has 2 saturated carbocycles. The fourth-order valence-corrected chi connectivity index (χ4v) is 6.45. The van der Waals surface area contributed by atoms with Gasteiger partial charge in [0.05, 0.1) is 22.7 Å². The largest absolute Gasteiger partial charge is 0.355 e. The number of benzene rings is 1. The molecule has 3 aromatic rings. The number of likely N-dealkylation sites (tertiary alicyclic amines) is 1. The van der Waals surface area contributed by atoms with E-state index < -0.39 is 46.4 Å². The summed E-state index contributed by atoms with van der Waals surface area (Å²) in [5.74, 6) is -4.51. The molecule has 0 radical (unpaired) electrons. The molecule has 1 saturated heterocycles. The van der Waals surface area contributed by atoms with Crippen molar-refractivity contribution < 1.29 is 27.3 Å². The molecule has 3 aliphatic rings. The minimum absolute atomic E-state index is 0.148. The maximum atomic E-state index is 14.3. The molecule has 2 unspecified atom stereocenters. The third-order valence-corrected chi connectivity index (χ3v) is 8.85. The Hall–Kier alpha value is -3.73. The minimum Gasteiger partial charge on any atom is -0.355 e. The number of halogens is 3. The zero-order valence-corrected chi connectivity index (χ0v) is 22.7. The van der Waals surface area contributed by atoms with Crippen LogP contribution in [0.15, 0.2) is 47.1 Å². The minimum atomic E-state index is -1.17. The molecular formula is C30H32F3N5O3. The highest BCUT2D eigenvalue weighted by Crippen LogP contribution is 2.45. The van der Waals surface area contributed by atoms with Gasteiger partial charge in [0.25, 0.3) is 5.91 Å². The number of nitrogens with zero attached hydrogens (tertiary/aromatic N) is 3. The van der Waals surface area contributed by atoms with Gasteiger partial charge in [-0.1, -0.05) is 24.6 Å². The van der Waals surface area contributed by atoms with E-state index in [9.17, 15) is 22.8 Å². The molecule has 2 aliphatic carbocycles. The standard InChI is InChI=1S/C30H32F3N5O3/c1-17-5-4-6-24(17)38-12-8-22(19(16-38)28(39)36-30(9-10-30)26-7-2-3-11-34-26)35-29(40)23-15-25(41-37-23)27-20(32)13-18(31)14-21(27)33/h2-3,7,11,13-15,17,19,22,24H,4-6,8-10,12,16H2,1H3,(H,35,40)(H,36,39)/t17?,19-,22-,24?/m1/s1. The highest BCUT2D eigenvalue weighted by Gasteiger charge is 2.49. The molecule has 4 atom stereocenters. The first-order valence-electron chi connectivity index (χ1n) is 14.1. The predicted octanol–water partition coefficient (Wildman–Crippen LogP) is 4.57. The average molecular weight is 568 g/mol. The van der Waals surface area contributed by atoms with Crippen LogP contribution in [-0.2, 0) is 10.3 Å². The molecule has 3 fully saturated rings. The van der Waals surface area contributed by atoms with Crippen molar-refractivity contribution in [3.63, 3.8) is 0 Å². The molecule has 1 aromatic carbocycles. The summed E-state index contributed by atoms with van der Waals surface area (Å²) in [5.41, 5.74) is -0.485. The maximum absolute atomic E-state index is 14.3. The summed E-state index contributed by atoms with van der Waals surface area (Å²) < 4.78 is 46.9. The van der Waals surface area contributed by atoms with Crippen molar-refractivity contribution >= 4 is 11.8 Å². The number of carbonyl (C=O) groups excluding carboxylic acids is 2. The van der Waals surface area contributed by atoms with Gasteiger partial charge in [-0.15, -0.1) is 0 Å². The van der Waals surface area contributed by atoms with Crippen molar-refractivity contribution in [2.24, 2.45) is 11.8 Å². The molecule has 2 amide bonds. The summed E-state index contributed by atoms with van der Waals surface area (Å²) in [5, 5.41) is 9.86. The van der Waals surface area contributed by atoms with E-state index in [0.29, 0.717) is 37.1 Å². The summed E-state index contributed by atoms with van der Waals surface area (Å²) in [6.07, 6.45) is 7.25. The fraction of sp³-hybridized carbons (Fsp3) is 0.467. The molecule has 1 aliphatic heterocycles. The van der Waals surface area contributed by atoms with Gasteiger partial charge < -0.3 is 15.2 Å². The lowest BCUT2D eigenvalue weighted by molar-refractivity contribution is -0.129. The molecule has 2 aromatic heterocycles. The molecule has 41 heavy (non-hydrogen) atoms. The second-order valence-electron chi connectivity index (χ2n) is 11.6. The van der Waals surface area contributed by atoms with Crippen molar-refractivity contribution in [1.82, 2.24) is 25.7 Å². The zero-order valence-electron chi connectivity index (χ0n) is 22.7. The van der Waals surface area contributed by atoms with Gasteiger partial charge in [-0.3, -0.25) is 19.5 Å². The number of nitrogens with one attached hydrogen (secondary N) is 2. The third-order valence-electron chi connectivity index (χ3n) is 8.85. The number of rotatable bonds is 7. The Morgan fingerprint density at radius 2 is 1.85 bits per heavy atom. The van der Waals surface area contributed by atoms with Crippen molar-refractivity contribution in [3.8, 4) is 11.3 Å². The van der Waals surface area contributed by atoms with Crippen LogP contribution in [0.2, 0.25) is 0 Å². The molecule has 6 rings (SSSR count). The van der Waals surface area contributed by atoms with Gasteiger partial charge in [-0.2, -0.15) is 0 Å². The Morgan fingerprint density at radius 3 is 2.51 bits per heavy atom. The molecule has 2 N–H and O–H groups in total. The van der Waals surface area contributed by atoms with Crippen LogP contribution < -0.4 is 10.6 Å². The van der Waals surface area contributed by atoms with Crippen LogP contribution in [0.25, 0.3) is 11.3 Å².